The van der Waals surface area contributed by atoms with Crippen molar-refractivity contribution in [2.24, 2.45) is 0 Å². The quantitative estimate of drug-likeness (QED) is 0.305. The molecule has 0 radical (unpaired) electrons. The van der Waals surface area contributed by atoms with Crippen molar-refractivity contribution in [1.82, 2.24) is 9.97 Å². The molecule has 0 saturated carbocycles. The number of phenolic OH excluding ortho intramolecular Hbond substituents is 2. The molecule has 0 bridgehead atoms. The highest BCUT2D eigenvalue weighted by Crippen LogP contribution is 2.22. The zero-order valence-electron chi connectivity index (χ0n) is 21.0. The second kappa shape index (κ2) is 12.7. The molecule has 37 heavy (non-hydrogen) atoms. The summed E-state index contributed by atoms with van der Waals surface area (Å²) in [6, 6.07) is 40.1. The standard InChI is InChI=1S/2C10H9NO.2C6H5.Al.H/c2*1-7-5-6-8-3-2-4-9(12)10(8)11-7;2*1-2-4-6-5-3-1;;/h2*2-6,12H,1H3;2*1-5H;;. The van der Waals surface area contributed by atoms with E-state index < -0.39 is 0 Å². The predicted octanol–water partition coefficient (Wildman–Crippen LogP) is 5.57. The molecule has 0 aliphatic carbocycles. The number of aromatic nitrogens is 2. The maximum Gasteiger partial charge on any atom is 0.323 e. The van der Waals surface area contributed by atoms with Crippen molar-refractivity contribution in [3.63, 3.8) is 0 Å². The molecule has 5 heteroatoms. The largest absolute Gasteiger partial charge is 0.506 e. The van der Waals surface area contributed by atoms with E-state index in [0.717, 1.165) is 22.2 Å². The summed E-state index contributed by atoms with van der Waals surface area (Å²) in [5.74, 6) is 0.493. The monoisotopic (exact) mass is 500 g/mol. The van der Waals surface area contributed by atoms with Crippen molar-refractivity contribution in [3.8, 4) is 11.5 Å². The molecule has 0 unspecified atom stereocenters. The molecule has 4 nitrogen and oxygen atoms in total. The van der Waals surface area contributed by atoms with Crippen molar-refractivity contribution in [2.75, 3.05) is 0 Å². The Kier molecular flexibility index (Phi) is 8.89. The van der Waals surface area contributed by atoms with Crippen LogP contribution in [0.15, 0.2) is 121 Å². The molecule has 0 aliphatic rings. The van der Waals surface area contributed by atoms with E-state index in [1.54, 1.807) is 12.1 Å². The van der Waals surface area contributed by atoms with Gasteiger partial charge in [-0.1, -0.05) is 97.1 Å². The van der Waals surface area contributed by atoms with Gasteiger partial charge in [0.05, 0.1) is 0 Å². The van der Waals surface area contributed by atoms with Crippen LogP contribution < -0.4 is 8.85 Å². The fourth-order valence-corrected chi connectivity index (χ4v) is 5.37. The number of para-hydroxylation sites is 2. The van der Waals surface area contributed by atoms with Gasteiger partial charge in [-0.05, 0) is 38.1 Å². The lowest BCUT2D eigenvalue weighted by Gasteiger charge is -1.99. The fraction of sp³-hybridized carbons (Fsp3) is 0.0625. The first kappa shape index (κ1) is 25.9. The molecule has 0 saturated heterocycles. The van der Waals surface area contributed by atoms with Gasteiger partial charge in [0.25, 0.3) is 0 Å². The van der Waals surface area contributed by atoms with Crippen LogP contribution in [0.4, 0.5) is 0 Å². The number of nitrogens with zero attached hydrogens (tertiary/aromatic N) is 2. The van der Waals surface area contributed by atoms with Crippen LogP contribution in [-0.2, 0) is 0 Å². The maximum absolute atomic E-state index is 9.43. The van der Waals surface area contributed by atoms with Crippen LogP contribution in [0.5, 0.6) is 11.5 Å². The Morgan fingerprint density at radius 1 is 0.459 bits per heavy atom. The molecule has 0 amide bonds. The summed E-state index contributed by atoms with van der Waals surface area (Å²) in [6.07, 6.45) is 0. The minimum absolute atomic E-state index is 0.234. The maximum atomic E-state index is 9.43. The Morgan fingerprint density at radius 3 is 1.27 bits per heavy atom. The number of hydrogen-bond acceptors (Lipinski definition) is 4. The van der Waals surface area contributed by atoms with Crippen molar-refractivity contribution in [3.05, 3.63) is 133 Å². The van der Waals surface area contributed by atoms with E-state index >= 15 is 0 Å². The minimum atomic E-state index is -0.234. The first-order valence-electron chi connectivity index (χ1n) is 12.2. The number of hydrogen-bond donors (Lipinski definition) is 2. The molecule has 0 fully saturated rings. The lowest BCUT2D eigenvalue weighted by molar-refractivity contribution is 0.480. The zero-order valence-corrected chi connectivity index (χ0v) is 22.5. The smallest absolute Gasteiger partial charge is 0.323 e. The number of rotatable bonds is 2. The van der Waals surface area contributed by atoms with Crippen molar-refractivity contribution < 1.29 is 10.2 Å². The number of benzene rings is 4. The van der Waals surface area contributed by atoms with Crippen LogP contribution in [0.3, 0.4) is 0 Å². The van der Waals surface area contributed by atoms with Gasteiger partial charge in [-0.25, -0.2) is 9.97 Å². The first-order valence-corrected chi connectivity index (χ1v) is 13.6. The topological polar surface area (TPSA) is 66.2 Å². The van der Waals surface area contributed by atoms with Crippen molar-refractivity contribution in [1.29, 1.82) is 0 Å². The third-order valence-corrected chi connectivity index (χ3v) is 7.53. The highest BCUT2D eigenvalue weighted by molar-refractivity contribution is 6.67. The lowest BCUT2D eigenvalue weighted by atomic mass is 10.2. The SMILES string of the molecule is Cc1ccc2cccc(O)c2n1.Cc1ccc2cccc(O)c2n1.c1cc[c]([AlH][c]2ccccc2)cc1. The van der Waals surface area contributed by atoms with E-state index in [1.165, 1.54) is 8.85 Å². The van der Waals surface area contributed by atoms with Crippen LogP contribution in [0, 0.1) is 13.8 Å². The Labute approximate surface area is 223 Å². The molecule has 4 aromatic carbocycles. The van der Waals surface area contributed by atoms with E-state index in [2.05, 4.69) is 70.6 Å². The number of aryl methyl sites for hydroxylation is 2. The van der Waals surface area contributed by atoms with Crippen LogP contribution in [0.25, 0.3) is 21.8 Å². The number of phenols is 2. The zero-order chi connectivity index (χ0) is 26.0. The third-order valence-electron chi connectivity index (χ3n) is 5.77. The molecule has 2 N–H and O–H groups in total. The van der Waals surface area contributed by atoms with Gasteiger partial charge in [0.15, 0.2) is 0 Å². The van der Waals surface area contributed by atoms with Gasteiger partial charge in [0, 0.05) is 22.2 Å². The Morgan fingerprint density at radius 2 is 0.865 bits per heavy atom. The van der Waals surface area contributed by atoms with Crippen LogP contribution in [0.2, 0.25) is 0 Å². The summed E-state index contributed by atoms with van der Waals surface area (Å²) >= 11 is -0.234. The minimum Gasteiger partial charge on any atom is -0.506 e. The van der Waals surface area contributed by atoms with Gasteiger partial charge in [0.1, 0.15) is 22.5 Å². The average Bonchev–Trinajstić information content (AvgIpc) is 2.92. The number of pyridine rings is 2. The summed E-state index contributed by atoms with van der Waals surface area (Å²) < 4.78 is 3.02. The first-order chi connectivity index (χ1) is 18.0. The van der Waals surface area contributed by atoms with Gasteiger partial charge in [-0.15, -0.1) is 8.85 Å². The molecule has 0 aliphatic heterocycles. The second-order valence-electron chi connectivity index (χ2n) is 8.75. The molecule has 0 atom stereocenters. The molecule has 0 spiro atoms. The molecule has 6 aromatic rings. The molecule has 2 aromatic heterocycles. The molecule has 182 valence electrons. The van der Waals surface area contributed by atoms with E-state index in [1.807, 2.05) is 62.4 Å². The Hall–Kier alpha value is -4.17. The summed E-state index contributed by atoms with van der Waals surface area (Å²) in [6.45, 7) is 3.82. The van der Waals surface area contributed by atoms with Gasteiger partial charge in [-0.3, -0.25) is 0 Å². The third kappa shape index (κ3) is 7.41. The van der Waals surface area contributed by atoms with Crippen LogP contribution in [-0.4, -0.2) is 35.4 Å². The highest BCUT2D eigenvalue weighted by atomic mass is 27.1. The van der Waals surface area contributed by atoms with Crippen molar-refractivity contribution in [2.45, 2.75) is 13.8 Å². The summed E-state index contributed by atoms with van der Waals surface area (Å²) in [7, 11) is 0. The Balaban J connectivity index is 0.000000130. The molecular weight excluding hydrogens is 471 g/mol. The highest BCUT2D eigenvalue weighted by Gasteiger charge is 2.00. The van der Waals surface area contributed by atoms with Gasteiger partial charge in [-0.2, -0.15) is 0 Å². The number of aromatic hydroxyl groups is 2. The lowest BCUT2D eigenvalue weighted by Crippen LogP contribution is -2.26. The molecule has 6 rings (SSSR count). The van der Waals surface area contributed by atoms with E-state index in [0.29, 0.717) is 11.0 Å². The predicted molar refractivity (Wildman–Crippen MR) is 156 cm³/mol. The fourth-order valence-electron chi connectivity index (χ4n) is 3.89. The summed E-state index contributed by atoms with van der Waals surface area (Å²) in [5, 5.41) is 20.8. The number of fused-ring (bicyclic) bond motifs is 2. The van der Waals surface area contributed by atoms with Gasteiger partial charge in [0.2, 0.25) is 0 Å². The van der Waals surface area contributed by atoms with E-state index in [-0.39, 0.29) is 26.7 Å². The summed E-state index contributed by atoms with van der Waals surface area (Å²) in [5.41, 5.74) is 3.20. The summed E-state index contributed by atoms with van der Waals surface area (Å²) in [4.78, 5) is 8.45. The van der Waals surface area contributed by atoms with Gasteiger partial charge >= 0.3 is 15.2 Å². The molecule has 2 heterocycles. The van der Waals surface area contributed by atoms with Crippen LogP contribution in [0.1, 0.15) is 11.4 Å². The van der Waals surface area contributed by atoms with Crippen molar-refractivity contribution >= 4 is 45.9 Å². The van der Waals surface area contributed by atoms with Gasteiger partial charge < -0.3 is 10.2 Å². The second-order valence-corrected chi connectivity index (χ2v) is 10.7. The normalized spacial score (nSPS) is 10.1. The van der Waals surface area contributed by atoms with Crippen LogP contribution >= 0.6 is 0 Å². The average molecular weight is 501 g/mol. The Bertz CT molecular complexity index is 1470. The molecular formula is C32H29AlN2O2. The van der Waals surface area contributed by atoms with E-state index in [9.17, 15) is 10.2 Å². The van der Waals surface area contributed by atoms with E-state index in [4.69, 9.17) is 0 Å².